The molecule has 0 spiro atoms. The normalized spacial score (nSPS) is 10.4. The van der Waals surface area contributed by atoms with Crippen LogP contribution in [-0.4, -0.2) is 52.7 Å². The molecule has 0 bridgehead atoms. The summed E-state index contributed by atoms with van der Waals surface area (Å²) in [5.74, 6) is 4.43. The Morgan fingerprint density at radius 3 is 2.58 bits per heavy atom. The molecule has 0 saturated heterocycles. The van der Waals surface area contributed by atoms with Gasteiger partial charge in [-0.2, -0.15) is 0 Å². The molecule has 2 aromatic heterocycles. The van der Waals surface area contributed by atoms with Gasteiger partial charge in [-0.05, 0) is 12.5 Å². The van der Waals surface area contributed by atoms with E-state index in [0.717, 1.165) is 11.3 Å². The van der Waals surface area contributed by atoms with Gasteiger partial charge in [-0.25, -0.2) is 14.3 Å². The van der Waals surface area contributed by atoms with Crippen LogP contribution >= 0.6 is 23.1 Å². The lowest BCUT2D eigenvalue weighted by Gasteiger charge is -2.06. The quantitative estimate of drug-likeness (QED) is 0.397. The highest BCUT2D eigenvalue weighted by molar-refractivity contribution is 7.99. The fraction of sp³-hybridized carbons (Fsp3) is 0.357. The second-order valence-electron chi connectivity index (χ2n) is 4.91. The molecule has 10 nitrogen and oxygen atoms in total. The molecule has 2 heterocycles. The Bertz CT molecular complexity index is 832. The van der Waals surface area contributed by atoms with Crippen LogP contribution in [0.3, 0.4) is 0 Å². The lowest BCUT2D eigenvalue weighted by Crippen LogP contribution is -2.15. The predicted octanol–water partition coefficient (Wildman–Crippen LogP) is 1.06. The molecule has 3 N–H and O–H groups in total. The second kappa shape index (κ2) is 8.67. The first-order valence-electron chi connectivity index (χ1n) is 7.26. The molecule has 0 unspecified atom stereocenters. The first-order chi connectivity index (χ1) is 12.4. The average molecular weight is 399 g/mol. The van der Waals surface area contributed by atoms with E-state index in [-0.39, 0.29) is 27.8 Å². The van der Waals surface area contributed by atoms with Gasteiger partial charge in [0.15, 0.2) is 0 Å². The number of rotatable bonds is 7. The third-order valence-electron chi connectivity index (χ3n) is 3.26. The maximum absolute atomic E-state index is 12.2. The molecule has 0 aliphatic carbocycles. The van der Waals surface area contributed by atoms with Crippen LogP contribution in [0, 0.1) is 6.92 Å². The Morgan fingerprint density at radius 1 is 1.31 bits per heavy atom. The number of carbonyl (C=O) groups is 3. The van der Waals surface area contributed by atoms with Gasteiger partial charge in [-0.1, -0.05) is 11.8 Å². The number of amides is 1. The maximum Gasteiger partial charge on any atom is 0.348 e. The van der Waals surface area contributed by atoms with Crippen molar-refractivity contribution in [2.75, 3.05) is 31.1 Å². The van der Waals surface area contributed by atoms with Crippen molar-refractivity contribution in [1.82, 2.24) is 14.9 Å². The Balaban J connectivity index is 2.09. The first kappa shape index (κ1) is 19.7. The number of ether oxygens (including phenoxy) is 2. The first-order valence-corrected chi connectivity index (χ1v) is 9.07. The van der Waals surface area contributed by atoms with Crippen molar-refractivity contribution >= 4 is 45.9 Å². The highest BCUT2D eigenvalue weighted by Crippen LogP contribution is 2.34. The molecule has 0 radical (unpaired) electrons. The number of nitrogens with two attached hydrogens (primary N) is 1. The smallest absolute Gasteiger partial charge is 0.348 e. The fourth-order valence-corrected chi connectivity index (χ4v) is 3.90. The number of hydrogen-bond donors (Lipinski definition) is 2. The van der Waals surface area contributed by atoms with Crippen LogP contribution in [0.2, 0.25) is 0 Å². The number of nitrogens with zero attached hydrogens (tertiary/aromatic N) is 3. The Hall–Kier alpha value is -2.60. The average Bonchev–Trinajstić information content (AvgIpc) is 3.17. The highest BCUT2D eigenvalue weighted by Gasteiger charge is 2.26. The number of nitrogens with one attached hydrogen (secondary N) is 1. The Morgan fingerprint density at radius 2 is 2.00 bits per heavy atom. The van der Waals surface area contributed by atoms with Crippen molar-refractivity contribution < 1.29 is 23.9 Å². The molecule has 12 heteroatoms. The van der Waals surface area contributed by atoms with Crippen LogP contribution in [0.5, 0.6) is 0 Å². The topological polar surface area (TPSA) is 138 Å². The fourth-order valence-electron chi connectivity index (χ4n) is 2.00. The monoisotopic (exact) mass is 399 g/mol. The second-order valence-corrected chi connectivity index (χ2v) is 6.99. The van der Waals surface area contributed by atoms with Gasteiger partial charge in [0.05, 0.1) is 19.8 Å². The van der Waals surface area contributed by atoms with Gasteiger partial charge in [0, 0.05) is 12.2 Å². The summed E-state index contributed by atoms with van der Waals surface area (Å²) in [5, 5.41) is 10.8. The van der Waals surface area contributed by atoms with E-state index in [1.54, 1.807) is 6.92 Å². The van der Waals surface area contributed by atoms with Crippen molar-refractivity contribution in [3.63, 3.8) is 0 Å². The molecule has 140 valence electrons. The van der Waals surface area contributed by atoms with E-state index in [2.05, 4.69) is 15.5 Å². The lowest BCUT2D eigenvalue weighted by molar-refractivity contribution is -0.115. The van der Waals surface area contributed by atoms with E-state index in [1.165, 1.54) is 37.0 Å². The van der Waals surface area contributed by atoms with E-state index in [4.69, 9.17) is 15.3 Å². The SMILES string of the molecule is COC(=O)c1sc(NC(=O)CCSc2nncn2N)c(C(=O)OC)c1C. The third-order valence-corrected chi connectivity index (χ3v) is 5.41. The van der Waals surface area contributed by atoms with Gasteiger partial charge in [-0.3, -0.25) is 4.79 Å². The summed E-state index contributed by atoms with van der Waals surface area (Å²) in [4.78, 5) is 36.3. The summed E-state index contributed by atoms with van der Waals surface area (Å²) in [5.41, 5.74) is 0.537. The molecule has 0 atom stereocenters. The summed E-state index contributed by atoms with van der Waals surface area (Å²) >= 11 is 2.23. The van der Waals surface area contributed by atoms with Crippen molar-refractivity contribution in [3.8, 4) is 0 Å². The molecule has 2 aromatic rings. The zero-order valence-electron chi connectivity index (χ0n) is 14.3. The van der Waals surface area contributed by atoms with Crippen molar-refractivity contribution in [2.24, 2.45) is 0 Å². The van der Waals surface area contributed by atoms with Crippen LogP contribution in [0.4, 0.5) is 5.00 Å². The number of hydrogen-bond acceptors (Lipinski definition) is 10. The van der Waals surface area contributed by atoms with Gasteiger partial charge >= 0.3 is 11.9 Å². The number of nitrogen functional groups attached to an aromatic ring is 1. The molecule has 0 saturated carbocycles. The minimum absolute atomic E-state index is 0.139. The number of esters is 2. The number of methoxy groups -OCH3 is 2. The van der Waals surface area contributed by atoms with Gasteiger partial charge in [0.2, 0.25) is 11.1 Å². The van der Waals surface area contributed by atoms with Crippen LogP contribution in [0.1, 0.15) is 32.0 Å². The summed E-state index contributed by atoms with van der Waals surface area (Å²) < 4.78 is 10.7. The molecule has 0 aliphatic heterocycles. The van der Waals surface area contributed by atoms with Crippen LogP contribution < -0.4 is 11.2 Å². The highest BCUT2D eigenvalue weighted by atomic mass is 32.2. The maximum atomic E-state index is 12.2. The number of aromatic nitrogens is 3. The molecule has 26 heavy (non-hydrogen) atoms. The number of thioether (sulfide) groups is 1. The summed E-state index contributed by atoms with van der Waals surface area (Å²) in [6, 6.07) is 0. The Labute approximate surface area is 157 Å². The van der Waals surface area contributed by atoms with Crippen molar-refractivity contribution in [2.45, 2.75) is 18.5 Å². The summed E-state index contributed by atoms with van der Waals surface area (Å²) in [6.45, 7) is 1.59. The lowest BCUT2D eigenvalue weighted by atomic mass is 10.1. The molecule has 0 aliphatic rings. The number of carbonyl (C=O) groups excluding carboxylic acids is 3. The number of thiophene rings is 1. The van der Waals surface area contributed by atoms with Gasteiger partial charge < -0.3 is 20.6 Å². The standard InChI is InChI=1S/C14H17N5O5S2/c1-7-9(12(21)23-2)11(26-10(7)13(22)24-3)17-8(20)4-5-25-14-18-16-6-19(14)15/h6H,4-5,15H2,1-3H3,(H,17,20). The van der Waals surface area contributed by atoms with Gasteiger partial charge in [0.1, 0.15) is 16.2 Å². The molecule has 0 fully saturated rings. The summed E-state index contributed by atoms with van der Waals surface area (Å²) in [7, 11) is 2.47. The molecular weight excluding hydrogens is 382 g/mol. The van der Waals surface area contributed by atoms with Gasteiger partial charge in [-0.15, -0.1) is 21.5 Å². The van der Waals surface area contributed by atoms with Crippen LogP contribution in [0.25, 0.3) is 0 Å². The van der Waals surface area contributed by atoms with Crippen LogP contribution in [-0.2, 0) is 14.3 Å². The van der Waals surface area contributed by atoms with E-state index < -0.39 is 11.9 Å². The summed E-state index contributed by atoms with van der Waals surface area (Å²) in [6.07, 6.45) is 1.50. The third kappa shape index (κ3) is 4.32. The molecule has 0 aromatic carbocycles. The molecule has 1 amide bonds. The largest absolute Gasteiger partial charge is 0.465 e. The van der Waals surface area contributed by atoms with Crippen molar-refractivity contribution in [1.29, 1.82) is 0 Å². The van der Waals surface area contributed by atoms with Crippen molar-refractivity contribution in [3.05, 3.63) is 22.3 Å². The van der Waals surface area contributed by atoms with E-state index in [0.29, 0.717) is 16.5 Å². The molecule has 2 rings (SSSR count). The predicted molar refractivity (Wildman–Crippen MR) is 95.9 cm³/mol. The minimum atomic E-state index is -0.644. The zero-order valence-corrected chi connectivity index (χ0v) is 15.9. The van der Waals surface area contributed by atoms with E-state index >= 15 is 0 Å². The minimum Gasteiger partial charge on any atom is -0.465 e. The van der Waals surface area contributed by atoms with E-state index in [1.807, 2.05) is 0 Å². The Kier molecular flexibility index (Phi) is 6.58. The van der Waals surface area contributed by atoms with E-state index in [9.17, 15) is 14.4 Å². The number of anilines is 1. The van der Waals surface area contributed by atoms with Crippen LogP contribution in [0.15, 0.2) is 11.5 Å². The van der Waals surface area contributed by atoms with Gasteiger partial charge in [0.25, 0.3) is 0 Å². The zero-order chi connectivity index (χ0) is 19.3. The molecular formula is C14H17N5O5S2.